The molecule has 0 aliphatic heterocycles. The van der Waals surface area contributed by atoms with E-state index in [-0.39, 0.29) is 18.3 Å². The van der Waals surface area contributed by atoms with E-state index in [1.807, 2.05) is 12.0 Å². The highest BCUT2D eigenvalue weighted by molar-refractivity contribution is 5.72. The van der Waals surface area contributed by atoms with Gasteiger partial charge in [-0.2, -0.15) is 0 Å². The number of hydrogen-bond acceptors (Lipinski definition) is 3. The first-order valence-corrected chi connectivity index (χ1v) is 4.53. The van der Waals surface area contributed by atoms with Gasteiger partial charge < -0.3 is 4.74 Å². The second-order valence-corrected chi connectivity index (χ2v) is 2.92. The molecule has 0 heterocycles. The van der Waals surface area contributed by atoms with Gasteiger partial charge in [0.25, 0.3) is 0 Å². The van der Waals surface area contributed by atoms with Gasteiger partial charge in [-0.15, -0.1) is 0 Å². The van der Waals surface area contributed by atoms with E-state index in [9.17, 15) is 9.59 Å². The molecular formula is C11H12O3. The Kier molecular flexibility index (Phi) is 3.89. The molecule has 0 saturated heterocycles. The van der Waals surface area contributed by atoms with Crippen molar-refractivity contribution in [2.45, 2.75) is 13.3 Å². The van der Waals surface area contributed by atoms with E-state index in [2.05, 4.69) is 0 Å². The number of carbonyl (C=O) groups excluding carboxylic acids is 2. The summed E-state index contributed by atoms with van der Waals surface area (Å²) in [5.41, 5.74) is 0.501. The van der Waals surface area contributed by atoms with Crippen LogP contribution in [0.5, 0.6) is 0 Å². The third-order valence-corrected chi connectivity index (χ3v) is 1.94. The first kappa shape index (κ1) is 10.5. The molecule has 1 aliphatic rings. The number of rotatable bonds is 3. The van der Waals surface area contributed by atoms with Crippen LogP contribution < -0.4 is 0 Å². The topological polar surface area (TPSA) is 43.4 Å². The molecule has 0 amide bonds. The summed E-state index contributed by atoms with van der Waals surface area (Å²) in [5, 5.41) is 0. The summed E-state index contributed by atoms with van der Waals surface area (Å²) in [5.74, 6) is 1.35. The van der Waals surface area contributed by atoms with Crippen molar-refractivity contribution in [1.82, 2.24) is 0 Å². The largest absolute Gasteiger partial charge is 0.466 e. The minimum absolute atomic E-state index is 0.184. The highest BCUT2D eigenvalue weighted by Gasteiger charge is 2.17. The van der Waals surface area contributed by atoms with E-state index < -0.39 is 0 Å². The number of allylic oxidation sites excluding steroid dienone is 5. The number of hydrogen-bond donors (Lipinski definition) is 0. The van der Waals surface area contributed by atoms with Gasteiger partial charge in [0.05, 0.1) is 13.0 Å². The first-order chi connectivity index (χ1) is 6.77. The van der Waals surface area contributed by atoms with Crippen LogP contribution in [-0.4, -0.2) is 18.5 Å². The van der Waals surface area contributed by atoms with E-state index in [1.165, 1.54) is 0 Å². The number of esters is 1. The zero-order valence-corrected chi connectivity index (χ0v) is 8.03. The maximum atomic E-state index is 11.1. The lowest BCUT2D eigenvalue weighted by Crippen LogP contribution is -2.12. The molecule has 14 heavy (non-hydrogen) atoms. The highest BCUT2D eigenvalue weighted by atomic mass is 16.5. The van der Waals surface area contributed by atoms with Gasteiger partial charge in [-0.25, -0.2) is 4.79 Å². The first-order valence-electron chi connectivity index (χ1n) is 4.53. The van der Waals surface area contributed by atoms with E-state index in [1.54, 1.807) is 25.2 Å². The van der Waals surface area contributed by atoms with Crippen LogP contribution in [0.4, 0.5) is 0 Å². The molecule has 3 heteroatoms. The van der Waals surface area contributed by atoms with Crippen LogP contribution in [0.2, 0.25) is 0 Å². The van der Waals surface area contributed by atoms with Gasteiger partial charge in [0.1, 0.15) is 5.94 Å². The summed E-state index contributed by atoms with van der Waals surface area (Å²) < 4.78 is 4.80. The molecule has 3 nitrogen and oxygen atoms in total. The number of carbonyl (C=O) groups is 1. The summed E-state index contributed by atoms with van der Waals surface area (Å²) in [6, 6.07) is 0. The normalized spacial score (nSPS) is 19.2. The minimum Gasteiger partial charge on any atom is -0.466 e. The van der Waals surface area contributed by atoms with Gasteiger partial charge in [-0.1, -0.05) is 18.2 Å². The van der Waals surface area contributed by atoms with Crippen LogP contribution in [0.25, 0.3) is 0 Å². The molecule has 1 atom stereocenters. The molecule has 0 aromatic carbocycles. The van der Waals surface area contributed by atoms with Crippen molar-refractivity contribution >= 4 is 11.9 Å². The monoisotopic (exact) mass is 192 g/mol. The Hall–Kier alpha value is -1.60. The van der Waals surface area contributed by atoms with Gasteiger partial charge in [-0.3, -0.25) is 4.79 Å². The number of ether oxygens (including phenoxy) is 1. The standard InChI is InChI=1S/C11H12O3/c1-2-14-11(13)7-9-5-3-4-6-10(9)8-12/h3-6,9H,2,7H2,1H3. The van der Waals surface area contributed by atoms with Crippen molar-refractivity contribution in [3.8, 4) is 0 Å². The van der Waals surface area contributed by atoms with Crippen molar-refractivity contribution in [3.63, 3.8) is 0 Å². The smallest absolute Gasteiger partial charge is 0.306 e. The minimum atomic E-state index is -0.287. The quantitative estimate of drug-likeness (QED) is 0.502. The predicted octanol–water partition coefficient (Wildman–Crippen LogP) is 1.44. The Morgan fingerprint density at radius 3 is 3.00 bits per heavy atom. The summed E-state index contributed by atoms with van der Waals surface area (Å²) in [6.45, 7) is 2.12. The summed E-state index contributed by atoms with van der Waals surface area (Å²) in [4.78, 5) is 21.7. The average molecular weight is 192 g/mol. The van der Waals surface area contributed by atoms with Crippen LogP contribution >= 0.6 is 0 Å². The van der Waals surface area contributed by atoms with Gasteiger partial charge in [0, 0.05) is 11.5 Å². The summed E-state index contributed by atoms with van der Waals surface area (Å²) >= 11 is 0. The van der Waals surface area contributed by atoms with Crippen LogP contribution in [0.15, 0.2) is 29.9 Å². The maximum absolute atomic E-state index is 11.1. The van der Waals surface area contributed by atoms with Gasteiger partial charge in [0.2, 0.25) is 0 Å². The Balaban J connectivity index is 2.60. The van der Waals surface area contributed by atoms with Crippen LogP contribution in [0.1, 0.15) is 13.3 Å². The third-order valence-electron chi connectivity index (χ3n) is 1.94. The van der Waals surface area contributed by atoms with Crippen LogP contribution in [-0.2, 0) is 14.3 Å². The SMILES string of the molecule is CCOC(=O)CC1C=CC=CC1=C=O. The molecule has 0 fully saturated rings. The molecule has 0 radical (unpaired) electrons. The Bertz CT molecular complexity index is 319. The Morgan fingerprint density at radius 1 is 1.57 bits per heavy atom. The van der Waals surface area contributed by atoms with E-state index >= 15 is 0 Å². The van der Waals surface area contributed by atoms with Crippen LogP contribution in [0.3, 0.4) is 0 Å². The van der Waals surface area contributed by atoms with Crippen molar-refractivity contribution < 1.29 is 14.3 Å². The fourth-order valence-electron chi connectivity index (χ4n) is 1.27. The highest BCUT2D eigenvalue weighted by Crippen LogP contribution is 2.20. The average Bonchev–Trinajstić information content (AvgIpc) is 2.19. The summed E-state index contributed by atoms with van der Waals surface area (Å²) in [6.07, 6.45) is 7.24. The summed E-state index contributed by atoms with van der Waals surface area (Å²) in [7, 11) is 0. The lowest BCUT2D eigenvalue weighted by molar-refractivity contribution is -0.143. The van der Waals surface area contributed by atoms with Crippen molar-refractivity contribution in [2.75, 3.05) is 6.61 Å². The lowest BCUT2D eigenvalue weighted by Gasteiger charge is -2.12. The zero-order chi connectivity index (χ0) is 10.4. The Morgan fingerprint density at radius 2 is 2.36 bits per heavy atom. The van der Waals surface area contributed by atoms with E-state index in [0.717, 1.165) is 0 Å². The van der Waals surface area contributed by atoms with Crippen molar-refractivity contribution in [1.29, 1.82) is 0 Å². The molecule has 0 spiro atoms. The molecule has 1 rings (SSSR count). The van der Waals surface area contributed by atoms with Crippen molar-refractivity contribution in [3.05, 3.63) is 29.9 Å². The fraction of sp³-hybridized carbons (Fsp3) is 0.364. The predicted molar refractivity (Wildman–Crippen MR) is 52.2 cm³/mol. The Labute approximate surface area is 82.8 Å². The van der Waals surface area contributed by atoms with E-state index in [4.69, 9.17) is 4.74 Å². The third kappa shape index (κ3) is 2.71. The molecule has 0 bridgehead atoms. The molecule has 1 unspecified atom stereocenters. The van der Waals surface area contributed by atoms with Gasteiger partial charge in [-0.05, 0) is 13.0 Å². The fourth-order valence-corrected chi connectivity index (χ4v) is 1.27. The van der Waals surface area contributed by atoms with Crippen LogP contribution in [0, 0.1) is 5.92 Å². The van der Waals surface area contributed by atoms with Crippen molar-refractivity contribution in [2.24, 2.45) is 5.92 Å². The molecule has 0 N–H and O–H groups in total. The molecule has 0 saturated carbocycles. The molecule has 0 aromatic heterocycles. The molecule has 0 aromatic rings. The van der Waals surface area contributed by atoms with E-state index in [0.29, 0.717) is 12.2 Å². The second-order valence-electron chi connectivity index (χ2n) is 2.92. The lowest BCUT2D eigenvalue weighted by atomic mass is 9.93. The van der Waals surface area contributed by atoms with Gasteiger partial charge >= 0.3 is 5.97 Å². The second kappa shape index (κ2) is 5.20. The molecular weight excluding hydrogens is 180 g/mol. The molecule has 1 aliphatic carbocycles. The maximum Gasteiger partial charge on any atom is 0.306 e. The van der Waals surface area contributed by atoms with Gasteiger partial charge in [0.15, 0.2) is 0 Å². The zero-order valence-electron chi connectivity index (χ0n) is 8.03. The molecule has 74 valence electrons.